The van der Waals surface area contributed by atoms with Crippen LogP contribution in [0.15, 0.2) is 18.2 Å². The highest BCUT2D eigenvalue weighted by Crippen LogP contribution is 2.35. The van der Waals surface area contributed by atoms with Crippen molar-refractivity contribution < 1.29 is 4.79 Å². The van der Waals surface area contributed by atoms with Gasteiger partial charge >= 0.3 is 0 Å². The number of carbonyl (C=O) groups excluding carboxylic acids is 1. The van der Waals surface area contributed by atoms with Crippen LogP contribution in [0.2, 0.25) is 0 Å². The summed E-state index contributed by atoms with van der Waals surface area (Å²) in [6.07, 6.45) is 2.02. The van der Waals surface area contributed by atoms with Gasteiger partial charge in [0.2, 0.25) is 0 Å². The van der Waals surface area contributed by atoms with E-state index < -0.39 is 0 Å². The van der Waals surface area contributed by atoms with Gasteiger partial charge in [0.25, 0.3) is 0 Å². The van der Waals surface area contributed by atoms with Gasteiger partial charge in [-0.1, -0.05) is 12.1 Å². The molecule has 0 radical (unpaired) electrons. The van der Waals surface area contributed by atoms with E-state index in [9.17, 15) is 4.79 Å². The molecule has 74 valence electrons. The number of hydrogen-bond acceptors (Lipinski definition) is 2. The first kappa shape index (κ1) is 9.25. The van der Waals surface area contributed by atoms with Crippen molar-refractivity contribution in [3.63, 3.8) is 0 Å². The third-order valence-corrected chi connectivity index (χ3v) is 3.02. The molecule has 0 saturated heterocycles. The summed E-state index contributed by atoms with van der Waals surface area (Å²) in [6.45, 7) is 3.05. The highest BCUT2D eigenvalue weighted by molar-refractivity contribution is 5.72. The second-order valence-electron chi connectivity index (χ2n) is 3.96. The Kier molecular flexibility index (Phi) is 2.28. The quantitative estimate of drug-likeness (QED) is 0.631. The van der Waals surface area contributed by atoms with Gasteiger partial charge in [0, 0.05) is 25.2 Å². The Morgan fingerprint density at radius 1 is 1.50 bits per heavy atom. The van der Waals surface area contributed by atoms with Crippen LogP contribution in [0.25, 0.3) is 0 Å². The second-order valence-corrected chi connectivity index (χ2v) is 3.96. The van der Waals surface area contributed by atoms with Gasteiger partial charge < -0.3 is 9.69 Å². The maximum absolute atomic E-state index is 11.0. The first-order chi connectivity index (χ1) is 6.74. The first-order valence-corrected chi connectivity index (χ1v) is 5.00. The number of hydrogen-bond donors (Lipinski definition) is 0. The molecule has 0 spiro atoms. The fraction of sp³-hybridized carbons (Fsp3) is 0.417. The summed E-state index contributed by atoms with van der Waals surface area (Å²) >= 11 is 0. The zero-order valence-electron chi connectivity index (χ0n) is 8.66. The number of fused-ring (bicyclic) bond motifs is 1. The molecule has 1 aliphatic heterocycles. The van der Waals surface area contributed by atoms with E-state index in [0.717, 1.165) is 19.3 Å². The number of rotatable bonds is 1. The van der Waals surface area contributed by atoms with E-state index in [-0.39, 0.29) is 5.92 Å². The molecule has 0 fully saturated rings. The maximum atomic E-state index is 11.0. The van der Waals surface area contributed by atoms with E-state index in [0.29, 0.717) is 0 Å². The van der Waals surface area contributed by atoms with Crippen molar-refractivity contribution in [2.24, 2.45) is 0 Å². The number of aldehydes is 1. The molecule has 1 heterocycles. The molecule has 1 aliphatic rings. The molecule has 1 aromatic carbocycles. The molecule has 0 amide bonds. The molecule has 0 aromatic heterocycles. The van der Waals surface area contributed by atoms with E-state index in [1.165, 1.54) is 16.8 Å². The van der Waals surface area contributed by atoms with Crippen molar-refractivity contribution >= 4 is 12.0 Å². The molecule has 0 bridgehead atoms. The van der Waals surface area contributed by atoms with Crippen molar-refractivity contribution in [3.05, 3.63) is 29.3 Å². The molecular weight excluding hydrogens is 174 g/mol. The topological polar surface area (TPSA) is 20.3 Å². The van der Waals surface area contributed by atoms with E-state index in [1.54, 1.807) is 0 Å². The van der Waals surface area contributed by atoms with Crippen LogP contribution in [0, 0.1) is 6.92 Å². The lowest BCUT2D eigenvalue weighted by Crippen LogP contribution is -2.28. The van der Waals surface area contributed by atoms with Crippen LogP contribution in [0.3, 0.4) is 0 Å². The van der Waals surface area contributed by atoms with E-state index in [2.05, 4.69) is 37.1 Å². The monoisotopic (exact) mass is 189 g/mol. The fourth-order valence-corrected chi connectivity index (χ4v) is 2.21. The van der Waals surface area contributed by atoms with Crippen molar-refractivity contribution in [1.29, 1.82) is 0 Å². The molecule has 0 saturated carbocycles. The summed E-state index contributed by atoms with van der Waals surface area (Å²) in [5.41, 5.74) is 3.66. The average Bonchev–Trinajstić information content (AvgIpc) is 2.20. The van der Waals surface area contributed by atoms with Crippen LogP contribution in [0.5, 0.6) is 0 Å². The Balaban J connectivity index is 2.56. The van der Waals surface area contributed by atoms with Gasteiger partial charge in [0.05, 0.1) is 0 Å². The van der Waals surface area contributed by atoms with Crippen LogP contribution in [0.4, 0.5) is 5.69 Å². The highest BCUT2D eigenvalue weighted by Gasteiger charge is 2.23. The number of benzene rings is 1. The Bertz CT molecular complexity index is 359. The lowest BCUT2D eigenvalue weighted by atomic mass is 9.88. The van der Waals surface area contributed by atoms with Crippen LogP contribution >= 0.6 is 0 Å². The fourth-order valence-electron chi connectivity index (χ4n) is 2.21. The van der Waals surface area contributed by atoms with Crippen molar-refractivity contribution in [3.8, 4) is 0 Å². The molecule has 0 aliphatic carbocycles. The van der Waals surface area contributed by atoms with Gasteiger partial charge in [-0.25, -0.2) is 0 Å². The average molecular weight is 189 g/mol. The molecule has 2 rings (SSSR count). The van der Waals surface area contributed by atoms with Gasteiger partial charge in [-0.15, -0.1) is 0 Å². The Morgan fingerprint density at radius 3 is 3.00 bits per heavy atom. The van der Waals surface area contributed by atoms with Crippen molar-refractivity contribution in [2.75, 3.05) is 18.5 Å². The third kappa shape index (κ3) is 1.31. The van der Waals surface area contributed by atoms with Crippen molar-refractivity contribution in [1.82, 2.24) is 0 Å². The van der Waals surface area contributed by atoms with E-state index >= 15 is 0 Å². The van der Waals surface area contributed by atoms with Crippen LogP contribution in [-0.2, 0) is 4.79 Å². The largest absolute Gasteiger partial charge is 0.374 e. The Labute approximate surface area is 84.5 Å². The third-order valence-electron chi connectivity index (χ3n) is 3.02. The SMILES string of the molecule is Cc1cccc2c1C(C=O)CCN2C. The lowest BCUT2D eigenvalue weighted by Gasteiger charge is -2.31. The lowest BCUT2D eigenvalue weighted by molar-refractivity contribution is -0.109. The zero-order valence-corrected chi connectivity index (χ0v) is 8.66. The normalized spacial score (nSPS) is 20.4. The van der Waals surface area contributed by atoms with E-state index in [4.69, 9.17) is 0 Å². The van der Waals surface area contributed by atoms with Crippen LogP contribution in [-0.4, -0.2) is 19.9 Å². The van der Waals surface area contributed by atoms with Gasteiger partial charge in [-0.3, -0.25) is 0 Å². The number of nitrogens with zero attached hydrogens (tertiary/aromatic N) is 1. The highest BCUT2D eigenvalue weighted by atomic mass is 16.1. The molecule has 14 heavy (non-hydrogen) atoms. The van der Waals surface area contributed by atoms with Crippen LogP contribution in [0.1, 0.15) is 23.5 Å². The summed E-state index contributed by atoms with van der Waals surface area (Å²) in [7, 11) is 2.08. The predicted octanol–water partition coefficient (Wildman–Crippen LogP) is 2.12. The predicted molar refractivity (Wildman–Crippen MR) is 57.9 cm³/mol. The van der Waals surface area contributed by atoms with E-state index in [1.807, 2.05) is 0 Å². The van der Waals surface area contributed by atoms with Crippen LogP contribution < -0.4 is 4.90 Å². The Hall–Kier alpha value is -1.31. The summed E-state index contributed by atoms with van der Waals surface area (Å²) in [5, 5.41) is 0. The van der Waals surface area contributed by atoms with Gasteiger partial charge in [0.1, 0.15) is 6.29 Å². The minimum Gasteiger partial charge on any atom is -0.374 e. The minimum absolute atomic E-state index is 0.0994. The summed E-state index contributed by atoms with van der Waals surface area (Å²) in [4.78, 5) is 13.2. The number of carbonyl (C=O) groups is 1. The number of aryl methyl sites for hydroxylation is 1. The van der Waals surface area contributed by atoms with Crippen molar-refractivity contribution in [2.45, 2.75) is 19.3 Å². The molecular formula is C12H15NO. The summed E-state index contributed by atoms with van der Waals surface area (Å²) < 4.78 is 0. The standard InChI is InChI=1S/C12H15NO/c1-9-4-3-5-11-12(9)10(8-14)6-7-13(11)2/h3-5,8,10H,6-7H2,1-2H3. The molecule has 2 heteroatoms. The zero-order chi connectivity index (χ0) is 10.1. The number of anilines is 1. The smallest absolute Gasteiger partial charge is 0.127 e. The molecule has 1 atom stereocenters. The second kappa shape index (κ2) is 3.45. The van der Waals surface area contributed by atoms with Gasteiger partial charge in [0.15, 0.2) is 0 Å². The Morgan fingerprint density at radius 2 is 2.29 bits per heavy atom. The molecule has 0 N–H and O–H groups in total. The van der Waals surface area contributed by atoms with Gasteiger partial charge in [-0.05, 0) is 30.5 Å². The summed E-state index contributed by atoms with van der Waals surface area (Å²) in [5.74, 6) is 0.0994. The first-order valence-electron chi connectivity index (χ1n) is 5.00. The minimum atomic E-state index is 0.0994. The maximum Gasteiger partial charge on any atom is 0.127 e. The molecule has 1 unspecified atom stereocenters. The summed E-state index contributed by atoms with van der Waals surface area (Å²) in [6, 6.07) is 6.23. The molecule has 2 nitrogen and oxygen atoms in total. The molecule has 1 aromatic rings. The van der Waals surface area contributed by atoms with Gasteiger partial charge in [-0.2, -0.15) is 0 Å².